The number of benzene rings is 1. The van der Waals surface area contributed by atoms with E-state index in [1.807, 2.05) is 35.8 Å². The minimum Gasteiger partial charge on any atom is -0.352 e. The highest BCUT2D eigenvalue weighted by Crippen LogP contribution is 2.29. The van der Waals surface area contributed by atoms with Gasteiger partial charge in [0.1, 0.15) is 11.6 Å². The zero-order valence-electron chi connectivity index (χ0n) is 15.9. The normalized spacial score (nSPS) is 17.1. The molecule has 1 aromatic carbocycles. The monoisotopic (exact) mass is 366 g/mol. The van der Waals surface area contributed by atoms with Crippen molar-refractivity contribution in [1.29, 1.82) is 0 Å². The van der Waals surface area contributed by atoms with E-state index in [1.54, 1.807) is 13.2 Å². The summed E-state index contributed by atoms with van der Waals surface area (Å²) < 4.78 is 3.20. The molecule has 0 radical (unpaired) electrons. The molecule has 6 nitrogen and oxygen atoms in total. The lowest BCUT2D eigenvalue weighted by Crippen LogP contribution is -2.39. The first-order valence-corrected chi connectivity index (χ1v) is 9.83. The van der Waals surface area contributed by atoms with Gasteiger partial charge < -0.3 is 9.88 Å². The Morgan fingerprint density at radius 2 is 1.85 bits per heavy atom. The topological polar surface area (TPSA) is 68.9 Å². The summed E-state index contributed by atoms with van der Waals surface area (Å²) >= 11 is 0. The minimum absolute atomic E-state index is 0.0246. The Morgan fingerprint density at radius 1 is 1.15 bits per heavy atom. The molecule has 1 fully saturated rings. The van der Waals surface area contributed by atoms with Crippen molar-refractivity contribution in [2.45, 2.75) is 57.5 Å². The maximum Gasteiger partial charge on any atom is 0.291 e. The van der Waals surface area contributed by atoms with Crippen LogP contribution in [-0.4, -0.2) is 26.3 Å². The minimum atomic E-state index is -0.467. The van der Waals surface area contributed by atoms with E-state index in [2.05, 4.69) is 10.4 Å². The molecule has 0 bridgehead atoms. The number of hydrogen-bond acceptors (Lipinski definition) is 3. The summed E-state index contributed by atoms with van der Waals surface area (Å²) in [5.41, 5.74) is 1.25. The molecule has 1 N–H and O–H groups in total. The van der Waals surface area contributed by atoms with Crippen LogP contribution in [0, 0.1) is 0 Å². The van der Waals surface area contributed by atoms with E-state index < -0.39 is 6.04 Å². The number of aromatic nitrogens is 3. The van der Waals surface area contributed by atoms with Gasteiger partial charge >= 0.3 is 0 Å². The molecule has 2 aromatic heterocycles. The first-order valence-electron chi connectivity index (χ1n) is 9.83. The maximum atomic E-state index is 13.0. The number of aryl methyl sites for hydroxylation is 1. The van der Waals surface area contributed by atoms with Gasteiger partial charge in [0, 0.05) is 23.9 Å². The van der Waals surface area contributed by atoms with Gasteiger partial charge in [0.2, 0.25) is 5.91 Å². The van der Waals surface area contributed by atoms with E-state index in [-0.39, 0.29) is 17.5 Å². The molecule has 1 saturated carbocycles. The van der Waals surface area contributed by atoms with Crippen molar-refractivity contribution in [1.82, 2.24) is 19.7 Å². The molecule has 1 amide bonds. The molecule has 1 aliphatic rings. The highest BCUT2D eigenvalue weighted by molar-refractivity contribution is 6.08. The summed E-state index contributed by atoms with van der Waals surface area (Å²) in [7, 11) is 1.64. The summed E-state index contributed by atoms with van der Waals surface area (Å²) in [6.45, 7) is 1.87. The largest absolute Gasteiger partial charge is 0.352 e. The van der Waals surface area contributed by atoms with E-state index in [9.17, 15) is 9.59 Å². The first-order chi connectivity index (χ1) is 13.1. The van der Waals surface area contributed by atoms with Crippen LogP contribution in [0.1, 0.15) is 51.5 Å². The molecule has 0 saturated heterocycles. The van der Waals surface area contributed by atoms with E-state index >= 15 is 0 Å². The van der Waals surface area contributed by atoms with Crippen LogP contribution in [0.2, 0.25) is 0 Å². The van der Waals surface area contributed by atoms with Crippen molar-refractivity contribution in [3.63, 3.8) is 0 Å². The van der Waals surface area contributed by atoms with E-state index in [4.69, 9.17) is 0 Å². The van der Waals surface area contributed by atoms with E-state index in [0.29, 0.717) is 5.52 Å². The van der Waals surface area contributed by atoms with Crippen LogP contribution in [0.3, 0.4) is 0 Å². The van der Waals surface area contributed by atoms with Crippen molar-refractivity contribution in [3.8, 4) is 0 Å². The number of carbonyl (C=O) groups is 1. The molecule has 6 heteroatoms. The SMILES string of the molecule is C[C@@H](C(=O)NC1CCCCCC1)n1c2ccccc2c2cnn(C)c(=O)c21. The first kappa shape index (κ1) is 17.8. The number of nitrogens with zero attached hydrogens (tertiary/aromatic N) is 3. The third kappa shape index (κ3) is 3.13. The van der Waals surface area contributed by atoms with Gasteiger partial charge in [0.25, 0.3) is 5.56 Å². The second-order valence-corrected chi connectivity index (χ2v) is 7.60. The number of amides is 1. The summed E-state index contributed by atoms with van der Waals surface area (Å²) in [6, 6.07) is 7.59. The zero-order chi connectivity index (χ0) is 19.0. The Morgan fingerprint density at radius 3 is 2.59 bits per heavy atom. The smallest absolute Gasteiger partial charge is 0.291 e. The quantitative estimate of drug-likeness (QED) is 0.723. The van der Waals surface area contributed by atoms with Crippen LogP contribution in [0.4, 0.5) is 0 Å². The Hall–Kier alpha value is -2.63. The zero-order valence-corrected chi connectivity index (χ0v) is 15.9. The molecule has 4 rings (SSSR count). The number of rotatable bonds is 3. The molecular weight excluding hydrogens is 340 g/mol. The maximum absolute atomic E-state index is 13.0. The molecule has 2 heterocycles. The van der Waals surface area contributed by atoms with Crippen LogP contribution in [0.15, 0.2) is 35.3 Å². The number of nitrogens with one attached hydrogen (secondary N) is 1. The van der Waals surface area contributed by atoms with Crippen molar-refractivity contribution < 1.29 is 4.79 Å². The van der Waals surface area contributed by atoms with Crippen molar-refractivity contribution >= 4 is 27.7 Å². The molecule has 1 aliphatic carbocycles. The van der Waals surface area contributed by atoms with Gasteiger partial charge in [-0.2, -0.15) is 5.10 Å². The fourth-order valence-corrected chi connectivity index (χ4v) is 4.25. The van der Waals surface area contributed by atoms with Crippen LogP contribution < -0.4 is 10.9 Å². The molecule has 0 aliphatic heterocycles. The fourth-order valence-electron chi connectivity index (χ4n) is 4.25. The molecular formula is C21H26N4O2. The van der Waals surface area contributed by atoms with Crippen molar-refractivity contribution in [2.24, 2.45) is 7.05 Å². The molecule has 0 spiro atoms. The lowest BCUT2D eigenvalue weighted by atomic mass is 10.1. The fraction of sp³-hybridized carbons (Fsp3) is 0.476. The summed E-state index contributed by atoms with van der Waals surface area (Å²) in [4.78, 5) is 25.9. The molecule has 1 atom stereocenters. The summed E-state index contributed by atoms with van der Waals surface area (Å²) in [5.74, 6) is -0.0246. The van der Waals surface area contributed by atoms with Gasteiger partial charge in [-0.3, -0.25) is 9.59 Å². The Balaban J connectivity index is 1.78. The van der Waals surface area contributed by atoms with Crippen LogP contribution >= 0.6 is 0 Å². The molecule has 27 heavy (non-hydrogen) atoms. The molecule has 142 valence electrons. The Bertz CT molecular complexity index is 1040. The van der Waals surface area contributed by atoms with E-state index in [0.717, 1.165) is 29.1 Å². The lowest BCUT2D eigenvalue weighted by Gasteiger charge is -2.21. The van der Waals surface area contributed by atoms with Gasteiger partial charge in [-0.25, -0.2) is 4.68 Å². The Labute approximate surface area is 158 Å². The van der Waals surface area contributed by atoms with Gasteiger partial charge in [-0.1, -0.05) is 43.9 Å². The van der Waals surface area contributed by atoms with Gasteiger partial charge in [-0.15, -0.1) is 0 Å². The average Bonchev–Trinajstić information content (AvgIpc) is 2.80. The predicted molar refractivity (Wildman–Crippen MR) is 107 cm³/mol. The average molecular weight is 366 g/mol. The van der Waals surface area contributed by atoms with Gasteiger partial charge in [-0.05, 0) is 25.8 Å². The lowest BCUT2D eigenvalue weighted by molar-refractivity contribution is -0.124. The number of hydrogen-bond donors (Lipinski definition) is 1. The highest BCUT2D eigenvalue weighted by Gasteiger charge is 2.25. The number of fused-ring (bicyclic) bond motifs is 3. The predicted octanol–water partition coefficient (Wildman–Crippen LogP) is 3.29. The van der Waals surface area contributed by atoms with Gasteiger partial charge in [0.05, 0.1) is 11.7 Å². The van der Waals surface area contributed by atoms with Gasteiger partial charge in [0.15, 0.2) is 0 Å². The molecule has 0 unspecified atom stereocenters. The second-order valence-electron chi connectivity index (χ2n) is 7.60. The van der Waals surface area contributed by atoms with Crippen LogP contribution in [-0.2, 0) is 11.8 Å². The summed E-state index contributed by atoms with van der Waals surface area (Å²) in [5, 5.41) is 9.14. The van der Waals surface area contributed by atoms with Crippen molar-refractivity contribution in [3.05, 3.63) is 40.8 Å². The van der Waals surface area contributed by atoms with Crippen LogP contribution in [0.5, 0.6) is 0 Å². The van der Waals surface area contributed by atoms with E-state index in [1.165, 1.54) is 30.4 Å². The van der Waals surface area contributed by atoms with Crippen LogP contribution in [0.25, 0.3) is 21.8 Å². The number of carbonyl (C=O) groups excluding carboxylic acids is 1. The Kier molecular flexibility index (Phi) is 4.72. The third-order valence-electron chi connectivity index (χ3n) is 5.77. The second kappa shape index (κ2) is 7.18. The molecule has 3 aromatic rings. The third-order valence-corrected chi connectivity index (χ3v) is 5.77. The standard InChI is InChI=1S/C21H26N4O2/c1-14(20(26)23-15-9-5-3-4-6-10-15)25-18-12-8-7-11-16(18)17-13-22-24(2)21(27)19(17)25/h7-8,11-15H,3-6,9-10H2,1-2H3,(H,23,26)/t14-/m0/s1. The number of para-hydroxylation sites is 1. The highest BCUT2D eigenvalue weighted by atomic mass is 16.2. The van der Waals surface area contributed by atoms with Crippen molar-refractivity contribution in [2.75, 3.05) is 0 Å². The summed E-state index contributed by atoms with van der Waals surface area (Å²) in [6.07, 6.45) is 8.62.